The summed E-state index contributed by atoms with van der Waals surface area (Å²) in [6, 6.07) is 13.4. The van der Waals surface area contributed by atoms with E-state index in [2.05, 4.69) is 10.6 Å². The molecule has 2 amide bonds. The molecular weight excluding hydrogens is 268 g/mol. The van der Waals surface area contributed by atoms with Crippen molar-refractivity contribution < 1.29 is 9.53 Å². The molecule has 2 aromatic rings. The van der Waals surface area contributed by atoms with Crippen molar-refractivity contribution in [3.8, 4) is 5.75 Å². The molecule has 0 aliphatic heterocycles. The summed E-state index contributed by atoms with van der Waals surface area (Å²) in [6.45, 7) is 0. The largest absolute Gasteiger partial charge is 0.497 e. The quantitative estimate of drug-likeness (QED) is 0.513. The topological polar surface area (TPSA) is 100 Å². The number of carbonyl (C=O) groups excluding carboxylic acids is 1. The molecule has 21 heavy (non-hydrogen) atoms. The van der Waals surface area contributed by atoms with Crippen LogP contribution in [0.15, 0.2) is 48.5 Å². The molecule has 0 atom stereocenters. The summed E-state index contributed by atoms with van der Waals surface area (Å²) in [5.41, 5.74) is 7.25. The van der Waals surface area contributed by atoms with Crippen molar-refractivity contribution in [2.24, 2.45) is 5.73 Å². The maximum Gasteiger partial charge on any atom is 0.323 e. The smallest absolute Gasteiger partial charge is 0.323 e. The van der Waals surface area contributed by atoms with Gasteiger partial charge in [-0.3, -0.25) is 5.41 Å². The average Bonchev–Trinajstić information content (AvgIpc) is 2.48. The molecule has 0 aromatic heterocycles. The molecular formula is C15H16N4O2. The molecule has 0 saturated carbocycles. The van der Waals surface area contributed by atoms with Crippen molar-refractivity contribution in [1.82, 2.24) is 0 Å². The molecule has 0 fully saturated rings. The number of ether oxygens (including phenoxy) is 1. The average molecular weight is 284 g/mol. The monoisotopic (exact) mass is 284 g/mol. The van der Waals surface area contributed by atoms with Crippen molar-refractivity contribution in [2.75, 3.05) is 17.7 Å². The van der Waals surface area contributed by atoms with Gasteiger partial charge in [0, 0.05) is 16.9 Å². The van der Waals surface area contributed by atoms with Crippen LogP contribution in [0.2, 0.25) is 0 Å². The number of urea groups is 1. The Morgan fingerprint density at radius 1 is 1.00 bits per heavy atom. The van der Waals surface area contributed by atoms with E-state index in [9.17, 15) is 4.79 Å². The van der Waals surface area contributed by atoms with Crippen molar-refractivity contribution in [1.29, 1.82) is 5.41 Å². The second kappa shape index (κ2) is 6.42. The number of anilines is 2. The van der Waals surface area contributed by atoms with Crippen LogP contribution < -0.4 is 21.1 Å². The van der Waals surface area contributed by atoms with E-state index in [0.717, 1.165) is 5.75 Å². The first-order chi connectivity index (χ1) is 10.1. The van der Waals surface area contributed by atoms with Crippen molar-refractivity contribution in [2.45, 2.75) is 0 Å². The van der Waals surface area contributed by atoms with Crippen LogP contribution in [-0.4, -0.2) is 19.0 Å². The fourth-order valence-electron chi connectivity index (χ4n) is 1.70. The lowest BCUT2D eigenvalue weighted by Crippen LogP contribution is -2.19. The normalized spacial score (nSPS) is 9.76. The van der Waals surface area contributed by atoms with Gasteiger partial charge >= 0.3 is 6.03 Å². The maximum absolute atomic E-state index is 11.8. The molecule has 108 valence electrons. The number of amides is 2. The number of benzene rings is 2. The van der Waals surface area contributed by atoms with Crippen LogP contribution in [0.25, 0.3) is 0 Å². The first-order valence-corrected chi connectivity index (χ1v) is 6.25. The van der Waals surface area contributed by atoms with E-state index < -0.39 is 0 Å². The zero-order chi connectivity index (χ0) is 15.2. The number of hydrogen-bond acceptors (Lipinski definition) is 3. The van der Waals surface area contributed by atoms with Gasteiger partial charge in [0.05, 0.1) is 7.11 Å². The Balaban J connectivity index is 1.95. The third-order valence-electron chi connectivity index (χ3n) is 2.80. The molecule has 0 unspecified atom stereocenters. The summed E-state index contributed by atoms with van der Waals surface area (Å²) in [4.78, 5) is 11.8. The number of nitrogens with two attached hydrogens (primary N) is 1. The highest BCUT2D eigenvalue weighted by Gasteiger charge is 2.03. The second-order valence-electron chi connectivity index (χ2n) is 4.30. The van der Waals surface area contributed by atoms with Crippen LogP contribution in [0.1, 0.15) is 5.56 Å². The summed E-state index contributed by atoms with van der Waals surface area (Å²) in [5, 5.41) is 12.7. The highest BCUT2D eigenvalue weighted by molar-refractivity contribution is 6.00. The number of methoxy groups -OCH3 is 1. The Morgan fingerprint density at radius 2 is 1.48 bits per heavy atom. The molecule has 2 rings (SSSR count). The Hall–Kier alpha value is -3.02. The van der Waals surface area contributed by atoms with E-state index >= 15 is 0 Å². The predicted octanol–water partition coefficient (Wildman–Crippen LogP) is 2.62. The first-order valence-electron chi connectivity index (χ1n) is 6.25. The minimum Gasteiger partial charge on any atom is -0.497 e. The third-order valence-corrected chi connectivity index (χ3v) is 2.80. The van der Waals surface area contributed by atoms with E-state index in [-0.39, 0.29) is 11.9 Å². The summed E-state index contributed by atoms with van der Waals surface area (Å²) in [7, 11) is 1.58. The van der Waals surface area contributed by atoms with Gasteiger partial charge in [-0.25, -0.2) is 4.79 Å². The van der Waals surface area contributed by atoms with Crippen LogP contribution in [0.4, 0.5) is 16.2 Å². The summed E-state index contributed by atoms with van der Waals surface area (Å²) >= 11 is 0. The van der Waals surface area contributed by atoms with Crippen molar-refractivity contribution in [3.63, 3.8) is 0 Å². The van der Waals surface area contributed by atoms with Gasteiger partial charge < -0.3 is 21.1 Å². The number of hydrogen-bond donors (Lipinski definition) is 4. The molecule has 2 aromatic carbocycles. The number of nitrogens with one attached hydrogen (secondary N) is 3. The molecule has 0 saturated heterocycles. The lowest BCUT2D eigenvalue weighted by molar-refractivity contribution is 0.262. The molecule has 5 N–H and O–H groups in total. The molecule has 0 spiro atoms. The van der Waals surface area contributed by atoms with Gasteiger partial charge in [0.25, 0.3) is 0 Å². The van der Waals surface area contributed by atoms with Gasteiger partial charge in [0.15, 0.2) is 0 Å². The number of amidine groups is 1. The van der Waals surface area contributed by atoms with Gasteiger partial charge in [0.1, 0.15) is 11.6 Å². The molecule has 0 radical (unpaired) electrons. The number of rotatable bonds is 4. The van der Waals surface area contributed by atoms with E-state index in [4.69, 9.17) is 15.9 Å². The van der Waals surface area contributed by atoms with E-state index in [0.29, 0.717) is 16.9 Å². The van der Waals surface area contributed by atoms with Crippen LogP contribution in [-0.2, 0) is 0 Å². The zero-order valence-electron chi connectivity index (χ0n) is 11.5. The first kappa shape index (κ1) is 14.4. The molecule has 0 bridgehead atoms. The highest BCUT2D eigenvalue weighted by Crippen LogP contribution is 2.15. The van der Waals surface area contributed by atoms with Crippen molar-refractivity contribution >= 4 is 23.2 Å². The molecule has 0 aliphatic rings. The van der Waals surface area contributed by atoms with E-state index in [1.54, 1.807) is 55.6 Å². The lowest BCUT2D eigenvalue weighted by atomic mass is 10.2. The maximum atomic E-state index is 11.8. The van der Waals surface area contributed by atoms with Gasteiger partial charge in [-0.1, -0.05) is 0 Å². The molecule has 6 nitrogen and oxygen atoms in total. The number of carbonyl (C=O) groups is 1. The standard InChI is InChI=1S/C15H16N4O2/c1-21-13-8-6-12(7-9-13)19-15(20)18-11-4-2-10(3-5-11)14(16)17/h2-9H,1H3,(H3,16,17)(H2,18,19,20). The van der Waals surface area contributed by atoms with Gasteiger partial charge in [0.2, 0.25) is 0 Å². The van der Waals surface area contributed by atoms with E-state index in [1.807, 2.05) is 0 Å². The summed E-state index contributed by atoms with van der Waals surface area (Å²) in [6.07, 6.45) is 0. The van der Waals surface area contributed by atoms with Gasteiger partial charge in [-0.2, -0.15) is 0 Å². The zero-order valence-corrected chi connectivity index (χ0v) is 11.5. The van der Waals surface area contributed by atoms with Crippen LogP contribution in [0.3, 0.4) is 0 Å². The molecule has 0 heterocycles. The van der Waals surface area contributed by atoms with Gasteiger partial charge in [-0.15, -0.1) is 0 Å². The fraction of sp³-hybridized carbons (Fsp3) is 0.0667. The Kier molecular flexibility index (Phi) is 4.40. The Labute approximate surface area is 122 Å². The van der Waals surface area contributed by atoms with Gasteiger partial charge in [-0.05, 0) is 48.5 Å². The van der Waals surface area contributed by atoms with Crippen LogP contribution in [0.5, 0.6) is 5.75 Å². The Bertz CT molecular complexity index is 636. The third kappa shape index (κ3) is 3.97. The minimum absolute atomic E-state index is 0.00997. The highest BCUT2D eigenvalue weighted by atomic mass is 16.5. The molecule has 6 heteroatoms. The lowest BCUT2D eigenvalue weighted by Gasteiger charge is -2.08. The Morgan fingerprint density at radius 3 is 1.90 bits per heavy atom. The molecule has 0 aliphatic carbocycles. The fourth-order valence-corrected chi connectivity index (χ4v) is 1.70. The van der Waals surface area contributed by atoms with Crippen LogP contribution >= 0.6 is 0 Å². The number of nitrogen functional groups attached to an aromatic ring is 1. The van der Waals surface area contributed by atoms with E-state index in [1.165, 1.54) is 0 Å². The second-order valence-corrected chi connectivity index (χ2v) is 4.30. The predicted molar refractivity (Wildman–Crippen MR) is 83.1 cm³/mol. The minimum atomic E-state index is -0.351. The summed E-state index contributed by atoms with van der Waals surface area (Å²) in [5.74, 6) is 0.713. The van der Waals surface area contributed by atoms with Crippen molar-refractivity contribution in [3.05, 3.63) is 54.1 Å². The van der Waals surface area contributed by atoms with Crippen LogP contribution in [0, 0.1) is 5.41 Å². The summed E-state index contributed by atoms with van der Waals surface area (Å²) < 4.78 is 5.04. The SMILES string of the molecule is COc1ccc(NC(=O)Nc2ccc(C(=N)N)cc2)cc1.